The number of hydrogen-bond acceptors (Lipinski definition) is 12. The fraction of sp³-hybridized carbons (Fsp3) is 0.123. The summed E-state index contributed by atoms with van der Waals surface area (Å²) in [7, 11) is 6.89. The molecule has 0 saturated heterocycles. The van der Waals surface area contributed by atoms with E-state index < -0.39 is 5.41 Å². The second kappa shape index (κ2) is 21.9. The standard InChI is InChI=1S/C73H60N4O4S4/c1-45-9-37-69(82-45)74(49-13-25-57(78-5)26-14-49)53-21-33-61-62-34-22-54(75(70-38-10-46(2)83-70)50-15-27-58(79-6)28-16-50)42-66(62)73(65(61)41-53)67-43-55(76(71-39-11-47(3)84-71)51-17-29-59(80-7)30-18-51)23-35-63(67)64-36-24-56(44-68(64)73)77(72-40-12-48(4)85-72)52-19-31-60(81-8)32-20-52/h9-44H,1-8H3. The second-order valence-corrected chi connectivity index (χ2v) is 26.4. The summed E-state index contributed by atoms with van der Waals surface area (Å²) in [6.45, 7) is 8.72. The first-order valence-corrected chi connectivity index (χ1v) is 31.4. The summed E-state index contributed by atoms with van der Waals surface area (Å²) in [6.07, 6.45) is 0. The summed E-state index contributed by atoms with van der Waals surface area (Å²) in [5.41, 5.74) is 17.0. The summed E-state index contributed by atoms with van der Waals surface area (Å²) in [5, 5.41) is 4.48. The van der Waals surface area contributed by atoms with E-state index in [1.807, 2.05) is 0 Å². The Kier molecular flexibility index (Phi) is 13.9. The average Bonchev–Trinajstić information content (AvgIpc) is 1.54. The van der Waals surface area contributed by atoms with Gasteiger partial charge in [0.05, 0.1) is 33.9 Å². The highest BCUT2D eigenvalue weighted by molar-refractivity contribution is 7.17. The lowest BCUT2D eigenvalue weighted by Crippen LogP contribution is -2.27. The lowest BCUT2D eigenvalue weighted by molar-refractivity contribution is 0.414. The van der Waals surface area contributed by atoms with Crippen molar-refractivity contribution in [2.75, 3.05) is 48.0 Å². The second-order valence-electron chi connectivity index (χ2n) is 21.3. The van der Waals surface area contributed by atoms with Crippen LogP contribution in [0.1, 0.15) is 41.8 Å². The van der Waals surface area contributed by atoms with Crippen LogP contribution in [0.25, 0.3) is 22.3 Å². The minimum Gasteiger partial charge on any atom is -0.497 e. The summed E-state index contributed by atoms with van der Waals surface area (Å²) in [4.78, 5) is 14.6. The van der Waals surface area contributed by atoms with E-state index in [1.165, 1.54) is 64.0 Å². The molecular formula is C73H60N4O4S4. The molecule has 8 aromatic carbocycles. The molecule has 8 nitrogen and oxygen atoms in total. The number of benzene rings is 8. The highest BCUT2D eigenvalue weighted by Gasteiger charge is 2.53. The van der Waals surface area contributed by atoms with Crippen molar-refractivity contribution in [2.24, 2.45) is 0 Å². The SMILES string of the molecule is COc1ccc(N(c2ccc3c(c2)C2(c4cc(N(c5ccc(OC)cc5)c5ccc(C)s5)ccc4-3)c3cc(N(c4ccc(OC)cc4)c4ccc(C)s4)ccc3-c3ccc(N(c4ccc(OC)cc4)c4ccc(C)s4)cc32)c2ccc(C)s2)cc1. The lowest BCUT2D eigenvalue weighted by atomic mass is 9.70. The lowest BCUT2D eigenvalue weighted by Gasteiger charge is -2.34. The van der Waals surface area contributed by atoms with E-state index in [-0.39, 0.29) is 0 Å². The van der Waals surface area contributed by atoms with Crippen LogP contribution in [0, 0.1) is 27.7 Å². The molecule has 0 unspecified atom stereocenters. The van der Waals surface area contributed by atoms with E-state index in [9.17, 15) is 0 Å². The van der Waals surface area contributed by atoms with Gasteiger partial charge in [0, 0.05) is 65.0 Å². The van der Waals surface area contributed by atoms with Gasteiger partial charge >= 0.3 is 0 Å². The van der Waals surface area contributed by atoms with Gasteiger partial charge in [-0.15, -0.1) is 45.3 Å². The highest BCUT2D eigenvalue weighted by atomic mass is 32.1. The zero-order chi connectivity index (χ0) is 58.1. The first-order chi connectivity index (χ1) is 41.5. The zero-order valence-electron chi connectivity index (χ0n) is 48.3. The third kappa shape index (κ3) is 9.32. The Morgan fingerprint density at radius 3 is 0.624 bits per heavy atom. The van der Waals surface area contributed by atoms with Crippen molar-refractivity contribution in [3.05, 3.63) is 260 Å². The van der Waals surface area contributed by atoms with Crippen molar-refractivity contribution in [1.82, 2.24) is 0 Å². The van der Waals surface area contributed by atoms with Crippen LogP contribution in [0.5, 0.6) is 23.0 Å². The van der Waals surface area contributed by atoms with Crippen molar-refractivity contribution in [3.8, 4) is 45.3 Å². The predicted molar refractivity (Wildman–Crippen MR) is 358 cm³/mol. The molecule has 85 heavy (non-hydrogen) atoms. The first kappa shape index (κ1) is 53.9. The van der Waals surface area contributed by atoms with Gasteiger partial charge in [-0.3, -0.25) is 0 Å². The number of nitrogens with zero attached hydrogens (tertiary/aromatic N) is 4. The van der Waals surface area contributed by atoms with Crippen molar-refractivity contribution in [2.45, 2.75) is 33.1 Å². The Labute approximate surface area is 512 Å². The minimum absolute atomic E-state index is 0.806. The van der Waals surface area contributed by atoms with E-state index in [1.54, 1.807) is 73.8 Å². The first-order valence-electron chi connectivity index (χ1n) is 28.1. The Morgan fingerprint density at radius 2 is 0.447 bits per heavy atom. The van der Waals surface area contributed by atoms with Crippen LogP contribution >= 0.6 is 45.3 Å². The van der Waals surface area contributed by atoms with Crippen LogP contribution in [0.15, 0.2) is 218 Å². The van der Waals surface area contributed by atoms with E-state index in [2.05, 4.69) is 266 Å². The molecule has 4 aromatic heterocycles. The monoisotopic (exact) mass is 1180 g/mol. The Bertz CT molecular complexity index is 3870. The number of anilines is 12. The zero-order valence-corrected chi connectivity index (χ0v) is 51.6. The fourth-order valence-corrected chi connectivity index (χ4v) is 16.1. The largest absolute Gasteiger partial charge is 0.497 e. The predicted octanol–water partition coefficient (Wildman–Crippen LogP) is 21.4. The molecule has 0 atom stereocenters. The van der Waals surface area contributed by atoms with Crippen molar-refractivity contribution in [3.63, 3.8) is 0 Å². The molecule has 2 aliphatic carbocycles. The summed E-state index contributed by atoms with van der Waals surface area (Å²) in [5.74, 6) is 3.22. The quantitative estimate of drug-likeness (QED) is 0.0949. The van der Waals surface area contributed by atoms with Gasteiger partial charge in [-0.2, -0.15) is 0 Å². The molecule has 1 spiro atoms. The van der Waals surface area contributed by atoms with Gasteiger partial charge in [-0.25, -0.2) is 0 Å². The molecule has 14 rings (SSSR count). The van der Waals surface area contributed by atoms with Crippen LogP contribution in [0.3, 0.4) is 0 Å². The third-order valence-corrected chi connectivity index (χ3v) is 20.3. The number of thiophene rings is 4. The Hall–Kier alpha value is -9.04. The number of rotatable bonds is 16. The van der Waals surface area contributed by atoms with E-state index in [0.29, 0.717) is 0 Å². The highest BCUT2D eigenvalue weighted by Crippen LogP contribution is 2.66. The molecule has 4 heterocycles. The molecule has 0 amide bonds. The third-order valence-electron chi connectivity index (χ3n) is 16.4. The maximum Gasteiger partial charge on any atom is 0.119 e. The molecule has 2 aliphatic rings. The van der Waals surface area contributed by atoms with Crippen molar-refractivity contribution < 1.29 is 18.9 Å². The van der Waals surface area contributed by atoms with Crippen LogP contribution < -0.4 is 38.5 Å². The van der Waals surface area contributed by atoms with Gasteiger partial charge in [0.15, 0.2) is 0 Å². The molecule has 12 aromatic rings. The smallest absolute Gasteiger partial charge is 0.119 e. The van der Waals surface area contributed by atoms with Gasteiger partial charge in [0.25, 0.3) is 0 Å². The number of ether oxygens (including phenoxy) is 4. The van der Waals surface area contributed by atoms with Crippen LogP contribution in [0.2, 0.25) is 0 Å². The molecule has 0 fully saturated rings. The average molecular weight is 1190 g/mol. The summed E-state index contributed by atoms with van der Waals surface area (Å²) < 4.78 is 22.9. The Balaban J connectivity index is 1.09. The minimum atomic E-state index is -0.880. The van der Waals surface area contributed by atoms with Gasteiger partial charge < -0.3 is 38.5 Å². The molecule has 0 aliphatic heterocycles. The molecular weight excluding hydrogens is 1130 g/mol. The normalized spacial score (nSPS) is 12.3. The van der Waals surface area contributed by atoms with Gasteiger partial charge in [0.2, 0.25) is 0 Å². The van der Waals surface area contributed by atoms with Crippen molar-refractivity contribution in [1.29, 1.82) is 0 Å². The molecule has 12 heteroatoms. The van der Waals surface area contributed by atoms with Crippen LogP contribution in [-0.2, 0) is 5.41 Å². The number of hydrogen-bond donors (Lipinski definition) is 0. The maximum atomic E-state index is 5.73. The maximum absolute atomic E-state index is 5.73. The fourth-order valence-electron chi connectivity index (χ4n) is 12.4. The topological polar surface area (TPSA) is 49.9 Å². The molecule has 0 saturated carbocycles. The summed E-state index contributed by atoms with van der Waals surface area (Å²) >= 11 is 7.16. The summed E-state index contributed by atoms with van der Waals surface area (Å²) in [6, 6.07) is 80.3. The van der Waals surface area contributed by atoms with Crippen LogP contribution in [-0.4, -0.2) is 28.4 Å². The number of aryl methyl sites for hydroxylation is 4. The number of methoxy groups -OCH3 is 4. The molecule has 0 N–H and O–H groups in total. The van der Waals surface area contributed by atoms with E-state index >= 15 is 0 Å². The van der Waals surface area contributed by atoms with Crippen LogP contribution in [0.4, 0.5) is 65.5 Å². The number of fused-ring (bicyclic) bond motifs is 10. The molecule has 0 radical (unpaired) electrons. The Morgan fingerprint density at radius 1 is 0.247 bits per heavy atom. The van der Waals surface area contributed by atoms with E-state index in [0.717, 1.165) is 88.5 Å². The molecule has 0 bridgehead atoms. The van der Waals surface area contributed by atoms with Gasteiger partial charge in [-0.1, -0.05) is 24.3 Å². The van der Waals surface area contributed by atoms with Crippen molar-refractivity contribution >= 4 is 111 Å². The van der Waals surface area contributed by atoms with Gasteiger partial charge in [0.1, 0.15) is 43.0 Å². The molecule has 420 valence electrons. The van der Waals surface area contributed by atoms with E-state index in [4.69, 9.17) is 18.9 Å². The van der Waals surface area contributed by atoms with Gasteiger partial charge in [-0.05, 0) is 266 Å².